The van der Waals surface area contributed by atoms with Crippen LogP contribution in [0.4, 0.5) is 0 Å². The number of nitrogens with one attached hydrogen (secondary N) is 1. The van der Waals surface area contributed by atoms with Crippen molar-refractivity contribution in [1.82, 2.24) is 10.2 Å². The maximum atomic E-state index is 12.8. The number of methoxy groups -OCH3 is 3. The first-order valence-corrected chi connectivity index (χ1v) is 8.66. The van der Waals surface area contributed by atoms with Crippen LogP contribution >= 0.6 is 12.2 Å². The number of benzene rings is 2. The summed E-state index contributed by atoms with van der Waals surface area (Å²) in [5.74, 6) is 1.81. The molecule has 6 nitrogen and oxygen atoms in total. The van der Waals surface area contributed by atoms with Crippen LogP contribution in [-0.4, -0.2) is 37.2 Å². The Morgan fingerprint density at radius 1 is 1.00 bits per heavy atom. The van der Waals surface area contributed by atoms with E-state index in [1.807, 2.05) is 30.3 Å². The van der Waals surface area contributed by atoms with Gasteiger partial charge in [0.05, 0.1) is 27.9 Å². The monoisotopic (exact) mass is 384 g/mol. The third kappa shape index (κ3) is 4.03. The van der Waals surface area contributed by atoms with Gasteiger partial charge < -0.3 is 19.5 Å². The molecule has 0 spiro atoms. The lowest BCUT2D eigenvalue weighted by Gasteiger charge is -2.14. The van der Waals surface area contributed by atoms with E-state index in [1.54, 1.807) is 39.5 Å². The number of thiocarbonyl (C=S) groups is 1. The molecule has 2 aromatic rings. The van der Waals surface area contributed by atoms with Crippen molar-refractivity contribution in [2.75, 3.05) is 21.3 Å². The molecule has 1 saturated heterocycles. The first kappa shape index (κ1) is 18.7. The number of hydrogen-bond donors (Lipinski definition) is 1. The molecular weight excluding hydrogens is 364 g/mol. The van der Waals surface area contributed by atoms with Gasteiger partial charge in [-0.15, -0.1) is 0 Å². The minimum Gasteiger partial charge on any atom is -0.497 e. The van der Waals surface area contributed by atoms with Gasteiger partial charge in [0.1, 0.15) is 11.4 Å². The number of carbonyl (C=O) groups excluding carboxylic acids is 1. The molecule has 0 aliphatic carbocycles. The molecule has 1 heterocycles. The Kier molecular flexibility index (Phi) is 5.61. The SMILES string of the molecule is COc1ccc(CN2C(=O)/C(=C\c3ccc(OC)c(OC)c3)NC2=S)cc1. The normalized spacial score (nSPS) is 15.1. The van der Waals surface area contributed by atoms with E-state index in [-0.39, 0.29) is 5.91 Å². The van der Waals surface area contributed by atoms with Gasteiger partial charge >= 0.3 is 0 Å². The second kappa shape index (κ2) is 8.09. The van der Waals surface area contributed by atoms with Crippen LogP contribution in [0.25, 0.3) is 6.08 Å². The molecule has 0 unspecified atom stereocenters. The van der Waals surface area contributed by atoms with Crippen LogP contribution in [0.2, 0.25) is 0 Å². The van der Waals surface area contributed by atoms with Crippen LogP contribution in [0.1, 0.15) is 11.1 Å². The summed E-state index contributed by atoms with van der Waals surface area (Å²) in [6.07, 6.45) is 1.74. The summed E-state index contributed by atoms with van der Waals surface area (Å²) in [6, 6.07) is 13.0. The smallest absolute Gasteiger partial charge is 0.276 e. The summed E-state index contributed by atoms with van der Waals surface area (Å²) < 4.78 is 15.7. The average molecular weight is 384 g/mol. The van der Waals surface area contributed by atoms with E-state index in [1.165, 1.54) is 4.90 Å². The molecule has 7 heteroatoms. The van der Waals surface area contributed by atoms with Crippen LogP contribution in [0, 0.1) is 0 Å². The number of ether oxygens (including phenoxy) is 3. The molecule has 0 atom stereocenters. The molecule has 0 aromatic heterocycles. The van der Waals surface area contributed by atoms with Gasteiger partial charge in [-0.1, -0.05) is 18.2 Å². The highest BCUT2D eigenvalue weighted by Gasteiger charge is 2.30. The quantitative estimate of drug-likeness (QED) is 0.610. The third-order valence-corrected chi connectivity index (χ3v) is 4.50. The number of carbonyl (C=O) groups is 1. The van der Waals surface area contributed by atoms with E-state index in [9.17, 15) is 4.79 Å². The van der Waals surface area contributed by atoms with Crippen molar-refractivity contribution in [3.8, 4) is 17.2 Å². The highest BCUT2D eigenvalue weighted by Crippen LogP contribution is 2.29. The average Bonchev–Trinajstić information content (AvgIpc) is 2.95. The van der Waals surface area contributed by atoms with Crippen molar-refractivity contribution in [1.29, 1.82) is 0 Å². The number of rotatable bonds is 6. The Hall–Kier alpha value is -3.06. The third-order valence-electron chi connectivity index (χ3n) is 4.18. The summed E-state index contributed by atoms with van der Waals surface area (Å²) >= 11 is 5.33. The molecule has 1 N–H and O–H groups in total. The van der Waals surface area contributed by atoms with Crippen LogP contribution < -0.4 is 19.5 Å². The molecule has 2 aromatic carbocycles. The zero-order valence-electron chi connectivity index (χ0n) is 15.3. The Morgan fingerprint density at radius 2 is 1.70 bits per heavy atom. The lowest BCUT2D eigenvalue weighted by atomic mass is 10.1. The van der Waals surface area contributed by atoms with Gasteiger partial charge in [0.2, 0.25) is 0 Å². The molecular formula is C20H20N2O4S. The highest BCUT2D eigenvalue weighted by atomic mass is 32.1. The molecule has 0 saturated carbocycles. The molecule has 1 amide bonds. The molecule has 1 aliphatic heterocycles. The summed E-state index contributed by atoms with van der Waals surface area (Å²) in [5, 5.41) is 3.36. The van der Waals surface area contributed by atoms with Crippen molar-refractivity contribution in [3.63, 3.8) is 0 Å². The molecule has 27 heavy (non-hydrogen) atoms. The van der Waals surface area contributed by atoms with E-state index in [4.69, 9.17) is 26.4 Å². The zero-order chi connectivity index (χ0) is 19.4. The molecule has 3 rings (SSSR count). The second-order valence-corrected chi connectivity index (χ2v) is 6.23. The van der Waals surface area contributed by atoms with Gasteiger partial charge in [-0.25, -0.2) is 0 Å². The lowest BCUT2D eigenvalue weighted by molar-refractivity contribution is -0.122. The minimum absolute atomic E-state index is 0.175. The number of hydrogen-bond acceptors (Lipinski definition) is 5. The van der Waals surface area contributed by atoms with Gasteiger partial charge in [-0.2, -0.15) is 0 Å². The summed E-state index contributed by atoms with van der Waals surface area (Å²) in [4.78, 5) is 14.3. The Balaban J connectivity index is 1.79. The standard InChI is InChI=1S/C20H20N2O4S/c1-24-15-7-4-13(5-8-15)12-22-19(23)16(21-20(22)27)10-14-6-9-17(25-2)18(11-14)26-3/h4-11H,12H2,1-3H3,(H,21,27)/b16-10+. The van der Waals surface area contributed by atoms with Crippen LogP contribution in [0.3, 0.4) is 0 Å². The van der Waals surface area contributed by atoms with Crippen molar-refractivity contribution in [3.05, 3.63) is 59.3 Å². The van der Waals surface area contributed by atoms with E-state index in [0.29, 0.717) is 28.9 Å². The maximum Gasteiger partial charge on any atom is 0.276 e. The van der Waals surface area contributed by atoms with Crippen LogP contribution in [0.15, 0.2) is 48.2 Å². The second-order valence-electron chi connectivity index (χ2n) is 5.84. The summed E-state index contributed by atoms with van der Waals surface area (Å²) in [6.45, 7) is 0.387. The van der Waals surface area contributed by atoms with Crippen molar-refractivity contribution in [2.45, 2.75) is 6.54 Å². The Labute approximate surface area is 163 Å². The predicted molar refractivity (Wildman–Crippen MR) is 107 cm³/mol. The summed E-state index contributed by atoms with van der Waals surface area (Å²) in [5.41, 5.74) is 2.18. The van der Waals surface area contributed by atoms with E-state index < -0.39 is 0 Å². The van der Waals surface area contributed by atoms with Gasteiger partial charge in [0.15, 0.2) is 16.6 Å². The predicted octanol–water partition coefficient (Wildman–Crippen LogP) is 2.97. The maximum absolute atomic E-state index is 12.8. The highest BCUT2D eigenvalue weighted by molar-refractivity contribution is 7.80. The fourth-order valence-electron chi connectivity index (χ4n) is 2.74. The molecule has 0 bridgehead atoms. The van der Waals surface area contributed by atoms with E-state index in [0.717, 1.165) is 16.9 Å². The van der Waals surface area contributed by atoms with Gasteiger partial charge in [-0.3, -0.25) is 9.69 Å². The van der Waals surface area contributed by atoms with Gasteiger partial charge in [-0.05, 0) is 53.7 Å². The first-order valence-electron chi connectivity index (χ1n) is 8.25. The minimum atomic E-state index is -0.175. The molecule has 1 fully saturated rings. The molecule has 140 valence electrons. The largest absolute Gasteiger partial charge is 0.497 e. The fraction of sp³-hybridized carbons (Fsp3) is 0.200. The zero-order valence-corrected chi connectivity index (χ0v) is 16.1. The Morgan fingerprint density at radius 3 is 2.33 bits per heavy atom. The first-order chi connectivity index (χ1) is 13.0. The molecule has 1 aliphatic rings. The molecule has 0 radical (unpaired) electrons. The topological polar surface area (TPSA) is 60.0 Å². The number of nitrogens with zero attached hydrogens (tertiary/aromatic N) is 1. The van der Waals surface area contributed by atoms with Crippen molar-refractivity contribution >= 4 is 29.3 Å². The van der Waals surface area contributed by atoms with Crippen molar-refractivity contribution < 1.29 is 19.0 Å². The van der Waals surface area contributed by atoms with Crippen LogP contribution in [0.5, 0.6) is 17.2 Å². The van der Waals surface area contributed by atoms with Gasteiger partial charge in [0, 0.05) is 0 Å². The van der Waals surface area contributed by atoms with E-state index >= 15 is 0 Å². The van der Waals surface area contributed by atoms with Crippen LogP contribution in [-0.2, 0) is 11.3 Å². The lowest BCUT2D eigenvalue weighted by Crippen LogP contribution is -2.29. The van der Waals surface area contributed by atoms with E-state index in [2.05, 4.69) is 5.32 Å². The fourth-order valence-corrected chi connectivity index (χ4v) is 3.00. The van der Waals surface area contributed by atoms with Crippen molar-refractivity contribution in [2.24, 2.45) is 0 Å². The Bertz CT molecular complexity index is 893. The number of amides is 1. The summed E-state index contributed by atoms with van der Waals surface area (Å²) in [7, 11) is 4.76. The van der Waals surface area contributed by atoms with Gasteiger partial charge in [0.25, 0.3) is 5.91 Å².